The van der Waals surface area contributed by atoms with Crippen molar-refractivity contribution in [2.75, 3.05) is 6.54 Å². The number of amides is 1. The number of aryl methyl sites for hydroxylation is 1. The standard InChI is InChI=1S/C11H17N3OS.2ClH/c1-7-6-16-11(13-7)8(2)14-10(15)9-4-3-5-12-9;;/h6,8-9,12H,3-5H2,1-2H3,(H,14,15);2*1H/t8?,9-;;/m0../s1. The fourth-order valence-electron chi connectivity index (χ4n) is 1.86. The summed E-state index contributed by atoms with van der Waals surface area (Å²) in [5, 5.41) is 9.17. The van der Waals surface area contributed by atoms with Crippen LogP contribution in [0.5, 0.6) is 0 Å². The van der Waals surface area contributed by atoms with Crippen molar-refractivity contribution in [3.05, 3.63) is 16.1 Å². The molecule has 7 heteroatoms. The zero-order valence-corrected chi connectivity index (χ0v) is 12.9. The van der Waals surface area contributed by atoms with E-state index in [0.29, 0.717) is 0 Å². The highest BCUT2D eigenvalue weighted by atomic mass is 35.5. The second-order valence-electron chi connectivity index (χ2n) is 4.21. The first kappa shape index (κ1) is 17.6. The van der Waals surface area contributed by atoms with Crippen LogP contribution in [0.4, 0.5) is 0 Å². The van der Waals surface area contributed by atoms with E-state index in [1.165, 1.54) is 0 Å². The van der Waals surface area contributed by atoms with Crippen molar-refractivity contribution in [2.45, 2.75) is 38.8 Å². The van der Waals surface area contributed by atoms with E-state index in [-0.39, 0.29) is 42.8 Å². The van der Waals surface area contributed by atoms with Crippen molar-refractivity contribution in [1.29, 1.82) is 0 Å². The molecule has 2 rings (SSSR count). The highest BCUT2D eigenvalue weighted by Crippen LogP contribution is 2.18. The molecule has 1 saturated heterocycles. The molecule has 2 atom stereocenters. The van der Waals surface area contributed by atoms with E-state index in [0.717, 1.165) is 30.1 Å². The van der Waals surface area contributed by atoms with E-state index in [2.05, 4.69) is 15.6 Å². The van der Waals surface area contributed by atoms with Gasteiger partial charge in [-0.2, -0.15) is 0 Å². The summed E-state index contributed by atoms with van der Waals surface area (Å²) in [5.74, 6) is 0.0952. The molecule has 1 aromatic heterocycles. The molecule has 4 nitrogen and oxygen atoms in total. The van der Waals surface area contributed by atoms with Crippen molar-refractivity contribution < 1.29 is 4.79 Å². The normalized spacial score (nSPS) is 19.6. The van der Waals surface area contributed by atoms with Crippen LogP contribution in [0, 0.1) is 6.92 Å². The van der Waals surface area contributed by atoms with Gasteiger partial charge in [-0.25, -0.2) is 4.98 Å². The second-order valence-corrected chi connectivity index (χ2v) is 5.10. The van der Waals surface area contributed by atoms with Gasteiger partial charge in [0.15, 0.2) is 0 Å². The summed E-state index contributed by atoms with van der Waals surface area (Å²) in [6.07, 6.45) is 2.03. The Morgan fingerprint density at radius 2 is 2.33 bits per heavy atom. The van der Waals surface area contributed by atoms with Crippen LogP contribution in [0.3, 0.4) is 0 Å². The molecule has 2 N–H and O–H groups in total. The molecule has 18 heavy (non-hydrogen) atoms. The average molecular weight is 312 g/mol. The summed E-state index contributed by atoms with van der Waals surface area (Å²) < 4.78 is 0. The van der Waals surface area contributed by atoms with E-state index in [1.54, 1.807) is 11.3 Å². The van der Waals surface area contributed by atoms with Gasteiger partial charge in [0.05, 0.1) is 12.1 Å². The third kappa shape index (κ3) is 4.39. The lowest BCUT2D eigenvalue weighted by Crippen LogP contribution is -2.41. The lowest BCUT2D eigenvalue weighted by molar-refractivity contribution is -0.123. The van der Waals surface area contributed by atoms with Crippen molar-refractivity contribution in [3.63, 3.8) is 0 Å². The Balaban J connectivity index is 0.00000144. The van der Waals surface area contributed by atoms with Crippen LogP contribution in [0.1, 0.15) is 36.5 Å². The van der Waals surface area contributed by atoms with Gasteiger partial charge in [0.2, 0.25) is 5.91 Å². The number of nitrogens with zero attached hydrogens (tertiary/aromatic N) is 1. The van der Waals surface area contributed by atoms with Crippen molar-refractivity contribution >= 4 is 42.1 Å². The Morgan fingerprint density at radius 3 is 2.83 bits per heavy atom. The molecule has 104 valence electrons. The quantitative estimate of drug-likeness (QED) is 0.900. The van der Waals surface area contributed by atoms with Crippen LogP contribution in [-0.4, -0.2) is 23.5 Å². The Morgan fingerprint density at radius 1 is 1.61 bits per heavy atom. The summed E-state index contributed by atoms with van der Waals surface area (Å²) in [6.45, 7) is 4.89. The molecule has 0 aliphatic carbocycles. The van der Waals surface area contributed by atoms with E-state index in [4.69, 9.17) is 0 Å². The minimum Gasteiger partial charge on any atom is -0.346 e. The van der Waals surface area contributed by atoms with Gasteiger partial charge in [-0.3, -0.25) is 4.79 Å². The largest absolute Gasteiger partial charge is 0.346 e. The average Bonchev–Trinajstić information content (AvgIpc) is 2.87. The van der Waals surface area contributed by atoms with Crippen LogP contribution >= 0.6 is 36.2 Å². The number of aromatic nitrogens is 1. The van der Waals surface area contributed by atoms with Crippen molar-refractivity contribution in [3.8, 4) is 0 Å². The maximum Gasteiger partial charge on any atom is 0.237 e. The van der Waals surface area contributed by atoms with Crippen LogP contribution in [0.15, 0.2) is 5.38 Å². The monoisotopic (exact) mass is 311 g/mol. The number of hydrogen-bond acceptors (Lipinski definition) is 4. The number of halogens is 2. The molecular formula is C11H19Cl2N3OS. The van der Waals surface area contributed by atoms with Crippen LogP contribution in [0.25, 0.3) is 0 Å². The molecule has 0 saturated carbocycles. The van der Waals surface area contributed by atoms with Crippen LogP contribution < -0.4 is 10.6 Å². The summed E-state index contributed by atoms with van der Waals surface area (Å²) in [6, 6.07) is -0.00268. The molecular weight excluding hydrogens is 293 g/mol. The van der Waals surface area contributed by atoms with Crippen molar-refractivity contribution in [2.24, 2.45) is 0 Å². The number of carbonyl (C=O) groups excluding carboxylic acids is 1. The minimum atomic E-state index is -0.0106. The van der Waals surface area contributed by atoms with Crippen LogP contribution in [-0.2, 0) is 4.79 Å². The highest BCUT2D eigenvalue weighted by molar-refractivity contribution is 7.09. The van der Waals surface area contributed by atoms with Gasteiger partial charge in [-0.05, 0) is 33.2 Å². The molecule has 1 amide bonds. The van der Waals surface area contributed by atoms with Crippen LogP contribution in [0.2, 0.25) is 0 Å². The minimum absolute atomic E-state index is 0. The SMILES string of the molecule is Cc1csc(C(C)NC(=O)[C@@H]2CCCN2)n1.Cl.Cl. The lowest BCUT2D eigenvalue weighted by atomic mass is 10.2. The molecule has 1 unspecified atom stereocenters. The fraction of sp³-hybridized carbons (Fsp3) is 0.636. The third-order valence-corrected chi connectivity index (χ3v) is 3.89. The Labute approximate surface area is 124 Å². The zero-order chi connectivity index (χ0) is 11.5. The predicted molar refractivity (Wildman–Crippen MR) is 78.9 cm³/mol. The summed E-state index contributed by atoms with van der Waals surface area (Å²) in [4.78, 5) is 16.2. The Kier molecular flexibility index (Phi) is 7.78. The number of carbonyl (C=O) groups is 1. The van der Waals surface area contributed by atoms with Crippen molar-refractivity contribution in [1.82, 2.24) is 15.6 Å². The van der Waals surface area contributed by atoms with Gasteiger partial charge < -0.3 is 10.6 Å². The molecule has 1 aliphatic rings. The molecule has 1 aliphatic heterocycles. The number of nitrogens with one attached hydrogen (secondary N) is 2. The lowest BCUT2D eigenvalue weighted by Gasteiger charge is -2.15. The molecule has 0 spiro atoms. The van der Waals surface area contributed by atoms with Gasteiger partial charge in [-0.15, -0.1) is 36.2 Å². The first-order valence-electron chi connectivity index (χ1n) is 5.62. The zero-order valence-electron chi connectivity index (χ0n) is 10.4. The maximum atomic E-state index is 11.8. The topological polar surface area (TPSA) is 54.0 Å². The molecule has 1 fully saturated rings. The van der Waals surface area contributed by atoms with E-state index in [1.807, 2.05) is 19.2 Å². The maximum absolute atomic E-state index is 11.8. The summed E-state index contributed by atoms with van der Waals surface area (Å²) in [7, 11) is 0. The smallest absolute Gasteiger partial charge is 0.237 e. The number of thiazole rings is 1. The first-order valence-corrected chi connectivity index (χ1v) is 6.50. The number of hydrogen-bond donors (Lipinski definition) is 2. The third-order valence-electron chi connectivity index (χ3n) is 2.74. The first-order chi connectivity index (χ1) is 7.66. The fourth-order valence-corrected chi connectivity index (χ4v) is 2.66. The summed E-state index contributed by atoms with van der Waals surface area (Å²) in [5.41, 5.74) is 1.01. The Hall–Kier alpha value is -0.360. The summed E-state index contributed by atoms with van der Waals surface area (Å²) >= 11 is 1.60. The van der Waals surface area contributed by atoms with E-state index < -0.39 is 0 Å². The second kappa shape index (κ2) is 7.94. The predicted octanol–water partition coefficient (Wildman–Crippen LogP) is 2.22. The molecule has 1 aromatic rings. The number of rotatable bonds is 3. The molecule has 0 aromatic carbocycles. The van der Waals surface area contributed by atoms with E-state index in [9.17, 15) is 4.79 Å². The van der Waals surface area contributed by atoms with Gasteiger partial charge in [0, 0.05) is 11.1 Å². The van der Waals surface area contributed by atoms with Gasteiger partial charge in [0.1, 0.15) is 5.01 Å². The van der Waals surface area contributed by atoms with Gasteiger partial charge >= 0.3 is 0 Å². The van der Waals surface area contributed by atoms with Gasteiger partial charge in [-0.1, -0.05) is 0 Å². The molecule has 0 bridgehead atoms. The van der Waals surface area contributed by atoms with Gasteiger partial charge in [0.25, 0.3) is 0 Å². The molecule has 0 radical (unpaired) electrons. The highest BCUT2D eigenvalue weighted by Gasteiger charge is 2.23. The van der Waals surface area contributed by atoms with E-state index >= 15 is 0 Å². The molecule has 2 heterocycles. The Bertz CT molecular complexity index is 380.